The molecule has 2 aromatic carbocycles. The summed E-state index contributed by atoms with van der Waals surface area (Å²) in [7, 11) is 1.44. The minimum Gasteiger partial charge on any atom is -0.494 e. The van der Waals surface area contributed by atoms with Crippen LogP contribution in [-0.4, -0.2) is 31.1 Å². The molecule has 0 amide bonds. The van der Waals surface area contributed by atoms with Gasteiger partial charge in [0.2, 0.25) is 0 Å². The third-order valence-electron chi connectivity index (χ3n) is 4.40. The fourth-order valence-corrected chi connectivity index (χ4v) is 2.99. The monoisotopic (exact) mass is 386 g/mol. The Bertz CT molecular complexity index is 968. The summed E-state index contributed by atoms with van der Waals surface area (Å²) in [5.74, 6) is 0.209. The highest BCUT2D eigenvalue weighted by Crippen LogP contribution is 2.20. The first-order valence-electron chi connectivity index (χ1n) is 9.20. The molecular formula is C21H24F2N4O. The molecule has 7 heteroatoms. The van der Waals surface area contributed by atoms with E-state index in [9.17, 15) is 8.78 Å². The Morgan fingerprint density at radius 1 is 1.14 bits per heavy atom. The number of aliphatic imine (C=N–C) groups is 1. The molecule has 0 atom stereocenters. The van der Waals surface area contributed by atoms with E-state index in [0.29, 0.717) is 32.0 Å². The van der Waals surface area contributed by atoms with E-state index in [0.717, 1.165) is 22.0 Å². The van der Waals surface area contributed by atoms with Crippen LogP contribution in [0.4, 0.5) is 8.78 Å². The van der Waals surface area contributed by atoms with Gasteiger partial charge in [-0.1, -0.05) is 6.07 Å². The zero-order chi connectivity index (χ0) is 19.9. The highest BCUT2D eigenvalue weighted by Gasteiger charge is 2.06. The van der Waals surface area contributed by atoms with Crippen LogP contribution in [0.25, 0.3) is 10.9 Å². The van der Waals surface area contributed by atoms with Gasteiger partial charge in [-0.3, -0.25) is 0 Å². The van der Waals surface area contributed by atoms with Crippen molar-refractivity contribution in [2.24, 2.45) is 4.99 Å². The predicted octanol–water partition coefficient (Wildman–Crippen LogP) is 3.75. The highest BCUT2D eigenvalue weighted by atomic mass is 19.1. The van der Waals surface area contributed by atoms with Crippen LogP contribution in [0, 0.1) is 11.6 Å². The van der Waals surface area contributed by atoms with Gasteiger partial charge in [-0.2, -0.15) is 0 Å². The molecule has 3 rings (SSSR count). The van der Waals surface area contributed by atoms with E-state index >= 15 is 0 Å². The summed E-state index contributed by atoms with van der Waals surface area (Å²) in [5, 5.41) is 7.31. The molecule has 148 valence electrons. The fourth-order valence-electron chi connectivity index (χ4n) is 2.99. The number of fused-ring (bicyclic) bond motifs is 1. The second-order valence-electron chi connectivity index (χ2n) is 6.34. The van der Waals surface area contributed by atoms with Crippen LogP contribution in [-0.2, 0) is 13.0 Å². The zero-order valence-corrected chi connectivity index (χ0v) is 16.0. The summed E-state index contributed by atoms with van der Waals surface area (Å²) in [4.78, 5) is 7.65. The van der Waals surface area contributed by atoms with Crippen LogP contribution in [0.2, 0.25) is 0 Å². The maximum absolute atomic E-state index is 13.8. The molecule has 0 aliphatic carbocycles. The lowest BCUT2D eigenvalue weighted by Crippen LogP contribution is -2.38. The number of nitrogens with zero attached hydrogens (tertiary/aromatic N) is 1. The van der Waals surface area contributed by atoms with Crippen molar-refractivity contribution in [2.45, 2.75) is 19.9 Å². The Balaban J connectivity index is 1.61. The van der Waals surface area contributed by atoms with Crippen molar-refractivity contribution in [3.8, 4) is 5.75 Å². The highest BCUT2D eigenvalue weighted by molar-refractivity contribution is 5.83. The number of methoxy groups -OCH3 is 1. The topological polar surface area (TPSA) is 61.4 Å². The normalized spacial score (nSPS) is 11.6. The summed E-state index contributed by atoms with van der Waals surface area (Å²) in [6.45, 7) is 3.66. The van der Waals surface area contributed by atoms with Crippen LogP contribution in [0.1, 0.15) is 18.1 Å². The van der Waals surface area contributed by atoms with E-state index in [-0.39, 0.29) is 11.6 Å². The third kappa shape index (κ3) is 4.79. The molecule has 0 radical (unpaired) electrons. The number of guanidine groups is 1. The van der Waals surface area contributed by atoms with Crippen molar-refractivity contribution >= 4 is 16.9 Å². The molecule has 28 heavy (non-hydrogen) atoms. The number of nitrogens with one attached hydrogen (secondary N) is 3. The molecule has 0 unspecified atom stereocenters. The van der Waals surface area contributed by atoms with Crippen molar-refractivity contribution in [3.05, 3.63) is 65.4 Å². The van der Waals surface area contributed by atoms with E-state index < -0.39 is 5.82 Å². The number of benzene rings is 2. The minimum atomic E-state index is -0.403. The number of aromatic nitrogens is 1. The van der Waals surface area contributed by atoms with Crippen molar-refractivity contribution in [1.29, 1.82) is 0 Å². The van der Waals surface area contributed by atoms with E-state index in [1.807, 2.05) is 13.1 Å². The lowest BCUT2D eigenvalue weighted by Gasteiger charge is -2.11. The van der Waals surface area contributed by atoms with Gasteiger partial charge in [0.25, 0.3) is 0 Å². The standard InChI is InChI=1S/C21H24F2N4O/c1-3-24-21(27-12-14-4-7-20(28-2)18(23)10-14)25-9-8-15-13-26-19-6-5-16(22)11-17(15)19/h4-7,10-11,13,26H,3,8-9,12H2,1-2H3,(H2,24,25,27). The molecular weight excluding hydrogens is 362 g/mol. The van der Waals surface area contributed by atoms with Gasteiger partial charge in [-0.25, -0.2) is 13.8 Å². The van der Waals surface area contributed by atoms with Gasteiger partial charge in [-0.05, 0) is 54.8 Å². The van der Waals surface area contributed by atoms with Gasteiger partial charge < -0.3 is 20.4 Å². The first-order valence-corrected chi connectivity index (χ1v) is 9.20. The van der Waals surface area contributed by atoms with E-state index in [2.05, 4.69) is 20.6 Å². The number of aromatic amines is 1. The van der Waals surface area contributed by atoms with Crippen LogP contribution in [0.15, 0.2) is 47.6 Å². The van der Waals surface area contributed by atoms with Crippen molar-refractivity contribution in [2.75, 3.05) is 20.2 Å². The fraction of sp³-hybridized carbons (Fsp3) is 0.286. The first-order chi connectivity index (χ1) is 13.6. The SMILES string of the molecule is CCNC(=NCc1ccc(OC)c(F)c1)NCCc1c[nH]c2ccc(F)cc12. The average molecular weight is 386 g/mol. The zero-order valence-electron chi connectivity index (χ0n) is 16.0. The van der Waals surface area contributed by atoms with Crippen molar-refractivity contribution < 1.29 is 13.5 Å². The van der Waals surface area contributed by atoms with Crippen LogP contribution in [0.3, 0.4) is 0 Å². The summed E-state index contributed by atoms with van der Waals surface area (Å²) < 4.78 is 32.2. The van der Waals surface area contributed by atoms with Crippen molar-refractivity contribution in [3.63, 3.8) is 0 Å². The molecule has 1 heterocycles. The summed E-state index contributed by atoms with van der Waals surface area (Å²) in [6.07, 6.45) is 2.61. The largest absolute Gasteiger partial charge is 0.494 e. The van der Waals surface area contributed by atoms with E-state index in [4.69, 9.17) is 4.74 Å². The Hall–Kier alpha value is -3.09. The number of hydrogen-bond donors (Lipinski definition) is 3. The Kier molecular flexibility index (Phi) is 6.47. The molecule has 3 aromatic rings. The van der Waals surface area contributed by atoms with Gasteiger partial charge in [0, 0.05) is 30.2 Å². The Morgan fingerprint density at radius 2 is 2.00 bits per heavy atom. The lowest BCUT2D eigenvalue weighted by atomic mass is 10.1. The molecule has 1 aromatic heterocycles. The van der Waals surface area contributed by atoms with Crippen LogP contribution in [0.5, 0.6) is 5.75 Å². The Morgan fingerprint density at radius 3 is 2.75 bits per heavy atom. The quantitative estimate of drug-likeness (QED) is 0.428. The summed E-state index contributed by atoms with van der Waals surface area (Å²) in [5.41, 5.74) is 2.70. The van der Waals surface area contributed by atoms with Crippen LogP contribution >= 0.6 is 0 Å². The van der Waals surface area contributed by atoms with Gasteiger partial charge >= 0.3 is 0 Å². The molecule has 5 nitrogen and oxygen atoms in total. The maximum atomic E-state index is 13.8. The lowest BCUT2D eigenvalue weighted by molar-refractivity contribution is 0.386. The number of rotatable bonds is 7. The van der Waals surface area contributed by atoms with E-state index in [1.54, 1.807) is 24.3 Å². The summed E-state index contributed by atoms with van der Waals surface area (Å²) in [6, 6.07) is 9.52. The molecule has 0 saturated carbocycles. The molecule has 0 spiro atoms. The number of ether oxygens (including phenoxy) is 1. The third-order valence-corrected chi connectivity index (χ3v) is 4.40. The molecule has 0 aliphatic rings. The van der Waals surface area contributed by atoms with E-state index in [1.165, 1.54) is 19.2 Å². The Labute approximate surface area is 162 Å². The van der Waals surface area contributed by atoms with Crippen LogP contribution < -0.4 is 15.4 Å². The average Bonchev–Trinajstić information content (AvgIpc) is 3.08. The molecule has 0 bridgehead atoms. The molecule has 0 saturated heterocycles. The second-order valence-corrected chi connectivity index (χ2v) is 6.34. The van der Waals surface area contributed by atoms with Gasteiger partial charge in [0.1, 0.15) is 5.82 Å². The summed E-state index contributed by atoms with van der Waals surface area (Å²) >= 11 is 0. The first kappa shape index (κ1) is 19.7. The van der Waals surface area contributed by atoms with Gasteiger partial charge in [-0.15, -0.1) is 0 Å². The maximum Gasteiger partial charge on any atom is 0.191 e. The minimum absolute atomic E-state index is 0.216. The van der Waals surface area contributed by atoms with Gasteiger partial charge in [0.05, 0.1) is 13.7 Å². The second kappa shape index (κ2) is 9.21. The molecule has 0 aliphatic heterocycles. The number of H-pyrrole nitrogens is 1. The molecule has 0 fully saturated rings. The molecule has 3 N–H and O–H groups in total. The van der Waals surface area contributed by atoms with Gasteiger partial charge in [0.15, 0.2) is 17.5 Å². The van der Waals surface area contributed by atoms with Crippen molar-refractivity contribution in [1.82, 2.24) is 15.6 Å². The smallest absolute Gasteiger partial charge is 0.191 e. The number of halogens is 2. The predicted molar refractivity (Wildman–Crippen MR) is 108 cm³/mol. The number of hydrogen-bond acceptors (Lipinski definition) is 2.